The zero-order chi connectivity index (χ0) is 21.9. The first-order chi connectivity index (χ1) is 14.3. The number of imide groups is 1. The predicted molar refractivity (Wildman–Crippen MR) is 119 cm³/mol. The minimum atomic E-state index is -0.916. The number of rotatable bonds is 8. The van der Waals surface area contributed by atoms with Crippen molar-refractivity contribution in [2.75, 3.05) is 11.9 Å². The molecule has 0 bridgehead atoms. The lowest BCUT2D eigenvalue weighted by Crippen LogP contribution is -2.47. The van der Waals surface area contributed by atoms with Crippen LogP contribution >= 0.6 is 34.5 Å². The maximum absolute atomic E-state index is 12.9. The molecule has 3 rings (SSSR count). The molecule has 0 aliphatic carbocycles. The van der Waals surface area contributed by atoms with Gasteiger partial charge in [-0.15, -0.1) is 11.3 Å². The molecule has 1 saturated heterocycles. The molecule has 2 aromatic rings. The Labute approximate surface area is 188 Å². The topological polar surface area (TPSA) is 91.4 Å². The van der Waals surface area contributed by atoms with Crippen molar-refractivity contribution in [1.82, 2.24) is 15.2 Å². The van der Waals surface area contributed by atoms with Crippen molar-refractivity contribution in [3.05, 3.63) is 33.6 Å². The second-order valence-corrected chi connectivity index (χ2v) is 8.82. The zero-order valence-electron chi connectivity index (χ0n) is 16.6. The normalized spacial score (nSPS) is 15.4. The van der Waals surface area contributed by atoms with Crippen LogP contribution in [0, 0.1) is 0 Å². The van der Waals surface area contributed by atoms with Crippen LogP contribution in [0.4, 0.5) is 9.93 Å². The molecule has 1 aliphatic heterocycles. The van der Waals surface area contributed by atoms with Gasteiger partial charge in [0, 0.05) is 16.0 Å². The summed E-state index contributed by atoms with van der Waals surface area (Å²) in [6.07, 6.45) is 2.59. The molecule has 1 aromatic heterocycles. The van der Waals surface area contributed by atoms with Crippen molar-refractivity contribution in [3.63, 3.8) is 0 Å². The molecule has 1 aliphatic rings. The van der Waals surface area contributed by atoms with Gasteiger partial charge in [0.1, 0.15) is 12.1 Å². The minimum Gasteiger partial charge on any atom is -0.323 e. The van der Waals surface area contributed by atoms with Crippen LogP contribution in [0.2, 0.25) is 10.0 Å². The third-order valence-corrected chi connectivity index (χ3v) is 6.16. The number of nitrogens with one attached hydrogen (secondary N) is 2. The second-order valence-electron chi connectivity index (χ2n) is 7.11. The molecule has 2 N–H and O–H groups in total. The van der Waals surface area contributed by atoms with Gasteiger partial charge in [0.2, 0.25) is 5.91 Å². The minimum absolute atomic E-state index is 0.348. The van der Waals surface area contributed by atoms with Crippen molar-refractivity contribution in [2.45, 2.75) is 45.1 Å². The molecule has 2 heterocycles. The summed E-state index contributed by atoms with van der Waals surface area (Å²) in [5.74, 6) is -0.843. The quantitative estimate of drug-likeness (QED) is 0.536. The highest BCUT2D eigenvalue weighted by Gasteiger charge is 2.50. The summed E-state index contributed by atoms with van der Waals surface area (Å²) in [5.41, 5.74) is 0.369. The third-order valence-electron chi connectivity index (χ3n) is 4.86. The average molecular weight is 469 g/mol. The van der Waals surface area contributed by atoms with Gasteiger partial charge in [-0.25, -0.2) is 9.78 Å². The van der Waals surface area contributed by atoms with Crippen molar-refractivity contribution in [1.29, 1.82) is 0 Å². The number of halogens is 2. The Balaban J connectivity index is 1.68. The van der Waals surface area contributed by atoms with Gasteiger partial charge in [-0.2, -0.15) is 0 Å². The number of anilines is 1. The summed E-state index contributed by atoms with van der Waals surface area (Å²) in [6, 6.07) is 4.54. The number of carbonyl (C=O) groups excluding carboxylic acids is 3. The maximum Gasteiger partial charge on any atom is 0.325 e. The van der Waals surface area contributed by atoms with E-state index < -0.39 is 17.5 Å². The van der Waals surface area contributed by atoms with Crippen LogP contribution in [0.3, 0.4) is 0 Å². The van der Waals surface area contributed by atoms with E-state index in [1.807, 2.05) is 13.8 Å². The van der Waals surface area contributed by atoms with Crippen molar-refractivity contribution in [3.8, 4) is 11.3 Å². The molecule has 0 unspecified atom stereocenters. The summed E-state index contributed by atoms with van der Waals surface area (Å²) in [6.45, 7) is 3.55. The number of carbonyl (C=O) groups is 3. The largest absolute Gasteiger partial charge is 0.325 e. The Bertz CT molecular complexity index is 973. The van der Waals surface area contributed by atoms with Gasteiger partial charge in [-0.05, 0) is 31.0 Å². The Morgan fingerprint density at radius 1 is 1.23 bits per heavy atom. The van der Waals surface area contributed by atoms with Crippen LogP contribution in [0.15, 0.2) is 23.6 Å². The number of urea groups is 1. The molecule has 0 radical (unpaired) electrons. The third kappa shape index (κ3) is 4.61. The lowest BCUT2D eigenvalue weighted by molar-refractivity contribution is -0.134. The van der Waals surface area contributed by atoms with E-state index in [2.05, 4.69) is 15.6 Å². The molecular weight excluding hydrogens is 447 g/mol. The fourth-order valence-corrected chi connectivity index (χ4v) is 4.82. The van der Waals surface area contributed by atoms with E-state index in [-0.39, 0.29) is 12.5 Å². The smallest absolute Gasteiger partial charge is 0.323 e. The van der Waals surface area contributed by atoms with Crippen LogP contribution in [0.25, 0.3) is 11.3 Å². The molecule has 0 atom stereocenters. The molecule has 0 spiro atoms. The summed E-state index contributed by atoms with van der Waals surface area (Å²) in [5, 5.41) is 8.51. The summed E-state index contributed by atoms with van der Waals surface area (Å²) in [7, 11) is 0. The first kappa shape index (κ1) is 22.5. The van der Waals surface area contributed by atoms with Gasteiger partial charge in [0.15, 0.2) is 5.13 Å². The highest BCUT2D eigenvalue weighted by molar-refractivity contribution is 7.14. The van der Waals surface area contributed by atoms with Gasteiger partial charge in [-0.1, -0.05) is 49.9 Å². The lowest BCUT2D eigenvalue weighted by atomic mass is 9.88. The van der Waals surface area contributed by atoms with Crippen LogP contribution in [-0.4, -0.2) is 39.8 Å². The molecule has 4 amide bonds. The number of benzene rings is 1. The van der Waals surface area contributed by atoms with Gasteiger partial charge >= 0.3 is 6.03 Å². The number of amides is 4. The molecular formula is C20H22Cl2N4O3S. The van der Waals surface area contributed by atoms with E-state index in [1.54, 1.807) is 23.6 Å². The van der Waals surface area contributed by atoms with Crippen molar-refractivity contribution < 1.29 is 14.4 Å². The summed E-state index contributed by atoms with van der Waals surface area (Å²) < 4.78 is 0. The number of hydrogen-bond donors (Lipinski definition) is 2. The number of hydrogen-bond acceptors (Lipinski definition) is 5. The SMILES string of the molecule is CCCC1(CCC)NC(=O)N(CC(=O)Nc2nc(-c3ccc(Cl)cc3Cl)cs2)C1=O. The number of nitrogens with zero attached hydrogens (tertiary/aromatic N) is 2. The highest BCUT2D eigenvalue weighted by atomic mass is 35.5. The Kier molecular flexibility index (Phi) is 7.00. The maximum atomic E-state index is 12.9. The second kappa shape index (κ2) is 9.32. The van der Waals surface area contributed by atoms with E-state index in [0.29, 0.717) is 39.3 Å². The molecule has 0 saturated carbocycles. The Morgan fingerprint density at radius 3 is 2.57 bits per heavy atom. The lowest BCUT2D eigenvalue weighted by Gasteiger charge is -2.25. The van der Waals surface area contributed by atoms with Crippen LogP contribution in [0.1, 0.15) is 39.5 Å². The average Bonchev–Trinajstić information content (AvgIpc) is 3.21. The van der Waals surface area contributed by atoms with Gasteiger partial charge in [0.25, 0.3) is 5.91 Å². The molecule has 1 aromatic carbocycles. The van der Waals surface area contributed by atoms with Gasteiger partial charge < -0.3 is 10.6 Å². The Hall–Kier alpha value is -2.16. The highest BCUT2D eigenvalue weighted by Crippen LogP contribution is 2.32. The van der Waals surface area contributed by atoms with Gasteiger partial charge in [-0.3, -0.25) is 14.5 Å². The van der Waals surface area contributed by atoms with Gasteiger partial charge in [0.05, 0.1) is 10.7 Å². The predicted octanol–water partition coefficient (Wildman–Crippen LogP) is 4.95. The van der Waals surface area contributed by atoms with E-state index in [4.69, 9.17) is 23.2 Å². The molecule has 10 heteroatoms. The van der Waals surface area contributed by atoms with Crippen LogP contribution in [-0.2, 0) is 9.59 Å². The van der Waals surface area contributed by atoms with Crippen LogP contribution in [0.5, 0.6) is 0 Å². The first-order valence-electron chi connectivity index (χ1n) is 9.64. The Morgan fingerprint density at radius 2 is 1.93 bits per heavy atom. The van der Waals surface area contributed by atoms with Crippen molar-refractivity contribution in [2.24, 2.45) is 0 Å². The standard InChI is InChI=1S/C20H22Cl2N4O3S/c1-3-7-20(8-4-2)17(28)26(19(29)25-20)10-16(27)24-18-23-15(11-30-18)13-6-5-12(21)9-14(13)22/h5-6,9,11H,3-4,7-8,10H2,1-2H3,(H,25,29)(H,23,24,27). The van der Waals surface area contributed by atoms with E-state index >= 15 is 0 Å². The summed E-state index contributed by atoms with van der Waals surface area (Å²) >= 11 is 13.3. The number of thiazole rings is 1. The molecule has 1 fully saturated rings. The van der Waals surface area contributed by atoms with Crippen LogP contribution < -0.4 is 10.6 Å². The molecule has 160 valence electrons. The van der Waals surface area contributed by atoms with E-state index in [1.165, 1.54) is 11.3 Å². The van der Waals surface area contributed by atoms with E-state index in [9.17, 15) is 14.4 Å². The fourth-order valence-electron chi connectivity index (χ4n) is 3.59. The first-order valence-corrected chi connectivity index (χ1v) is 11.3. The fraction of sp³-hybridized carbons (Fsp3) is 0.400. The molecule has 30 heavy (non-hydrogen) atoms. The van der Waals surface area contributed by atoms with Crippen molar-refractivity contribution >= 4 is 57.5 Å². The van der Waals surface area contributed by atoms with E-state index in [0.717, 1.165) is 17.7 Å². The molecule has 7 nitrogen and oxygen atoms in total. The number of aromatic nitrogens is 1. The zero-order valence-corrected chi connectivity index (χ0v) is 19.0. The summed E-state index contributed by atoms with van der Waals surface area (Å²) in [4.78, 5) is 43.1. The monoisotopic (exact) mass is 468 g/mol.